The zero-order chi connectivity index (χ0) is 11.3. The Labute approximate surface area is 89.5 Å². The van der Waals surface area contributed by atoms with Gasteiger partial charge in [-0.1, -0.05) is 36.9 Å². The number of rotatable bonds is 4. The molecule has 0 unspecified atom stereocenters. The van der Waals surface area contributed by atoms with E-state index in [2.05, 4.69) is 11.3 Å². The molecule has 15 heavy (non-hydrogen) atoms. The van der Waals surface area contributed by atoms with Crippen molar-refractivity contribution in [2.75, 3.05) is 7.11 Å². The monoisotopic (exact) mass is 205 g/mol. The van der Waals surface area contributed by atoms with Crippen LogP contribution in [0.15, 0.2) is 30.8 Å². The Kier molecular flexibility index (Phi) is 4.06. The van der Waals surface area contributed by atoms with Crippen LogP contribution < -0.4 is 5.73 Å². The summed E-state index contributed by atoms with van der Waals surface area (Å²) in [5.41, 5.74) is 7.69. The van der Waals surface area contributed by atoms with E-state index in [1.807, 2.05) is 24.3 Å². The number of benzene rings is 1. The highest BCUT2D eigenvalue weighted by Gasteiger charge is 2.13. The molecule has 0 saturated carbocycles. The van der Waals surface area contributed by atoms with E-state index in [0.29, 0.717) is 6.42 Å². The topological polar surface area (TPSA) is 52.3 Å². The fourth-order valence-electron chi connectivity index (χ4n) is 1.28. The third-order valence-electron chi connectivity index (χ3n) is 2.17. The van der Waals surface area contributed by atoms with Crippen LogP contribution in [0.2, 0.25) is 0 Å². The van der Waals surface area contributed by atoms with E-state index in [9.17, 15) is 4.79 Å². The molecule has 0 amide bonds. The van der Waals surface area contributed by atoms with Crippen molar-refractivity contribution in [3.8, 4) is 0 Å². The van der Waals surface area contributed by atoms with Gasteiger partial charge >= 0.3 is 5.97 Å². The number of nitrogens with two attached hydrogens (primary N) is 1. The number of hydrogen-bond acceptors (Lipinski definition) is 3. The highest BCUT2D eigenvalue weighted by molar-refractivity contribution is 5.75. The van der Waals surface area contributed by atoms with E-state index in [-0.39, 0.29) is 5.97 Å². The van der Waals surface area contributed by atoms with Gasteiger partial charge in [-0.15, -0.1) is 0 Å². The first-order chi connectivity index (χ1) is 7.17. The molecule has 0 aromatic heterocycles. The standard InChI is InChI=1S/C12H15NO2/c1-3-9-4-6-10(7-5-9)8-11(13)12(14)15-2/h3-7,11H,1,8,13H2,2H3/t11-/m1/s1. The minimum Gasteiger partial charge on any atom is -0.468 e. The van der Waals surface area contributed by atoms with Gasteiger partial charge in [0.1, 0.15) is 6.04 Å². The van der Waals surface area contributed by atoms with Gasteiger partial charge in [0.05, 0.1) is 7.11 Å². The maximum absolute atomic E-state index is 11.1. The van der Waals surface area contributed by atoms with E-state index in [4.69, 9.17) is 5.73 Å². The number of carbonyl (C=O) groups is 1. The molecule has 1 atom stereocenters. The van der Waals surface area contributed by atoms with Gasteiger partial charge in [0, 0.05) is 0 Å². The number of ether oxygens (including phenoxy) is 1. The number of carbonyl (C=O) groups excluding carboxylic acids is 1. The molecule has 3 heteroatoms. The number of hydrogen-bond donors (Lipinski definition) is 1. The van der Waals surface area contributed by atoms with Gasteiger partial charge in [0.15, 0.2) is 0 Å². The molecule has 1 aromatic rings. The van der Waals surface area contributed by atoms with Crippen LogP contribution in [0, 0.1) is 0 Å². The van der Waals surface area contributed by atoms with Crippen LogP contribution in [-0.2, 0) is 16.0 Å². The van der Waals surface area contributed by atoms with Crippen molar-refractivity contribution in [2.24, 2.45) is 5.73 Å². The van der Waals surface area contributed by atoms with Crippen molar-refractivity contribution in [3.63, 3.8) is 0 Å². The fraction of sp³-hybridized carbons (Fsp3) is 0.250. The van der Waals surface area contributed by atoms with E-state index in [1.54, 1.807) is 6.08 Å². The van der Waals surface area contributed by atoms with Gasteiger partial charge in [-0.25, -0.2) is 0 Å². The van der Waals surface area contributed by atoms with Gasteiger partial charge in [0.2, 0.25) is 0 Å². The maximum atomic E-state index is 11.1. The van der Waals surface area contributed by atoms with Crippen molar-refractivity contribution in [2.45, 2.75) is 12.5 Å². The van der Waals surface area contributed by atoms with Crippen molar-refractivity contribution >= 4 is 12.0 Å². The Hall–Kier alpha value is -1.61. The predicted octanol–water partition coefficient (Wildman–Crippen LogP) is 1.37. The van der Waals surface area contributed by atoms with Crippen molar-refractivity contribution in [1.29, 1.82) is 0 Å². The average molecular weight is 205 g/mol. The van der Waals surface area contributed by atoms with Gasteiger partial charge in [0.25, 0.3) is 0 Å². The molecule has 3 nitrogen and oxygen atoms in total. The lowest BCUT2D eigenvalue weighted by molar-refractivity contribution is -0.142. The largest absolute Gasteiger partial charge is 0.468 e. The van der Waals surface area contributed by atoms with E-state index < -0.39 is 6.04 Å². The fourth-order valence-corrected chi connectivity index (χ4v) is 1.28. The zero-order valence-electron chi connectivity index (χ0n) is 8.77. The van der Waals surface area contributed by atoms with Crippen LogP contribution in [0.4, 0.5) is 0 Å². The molecule has 0 spiro atoms. The summed E-state index contributed by atoms with van der Waals surface area (Å²) in [5.74, 6) is -0.386. The smallest absolute Gasteiger partial charge is 0.322 e. The van der Waals surface area contributed by atoms with Gasteiger partial charge in [-0.3, -0.25) is 4.79 Å². The summed E-state index contributed by atoms with van der Waals surface area (Å²) in [4.78, 5) is 11.1. The van der Waals surface area contributed by atoms with Crippen LogP contribution in [0.1, 0.15) is 11.1 Å². The quantitative estimate of drug-likeness (QED) is 0.755. The first-order valence-electron chi connectivity index (χ1n) is 4.72. The molecule has 1 aromatic carbocycles. The van der Waals surface area contributed by atoms with Crippen LogP contribution in [0.3, 0.4) is 0 Å². The highest BCUT2D eigenvalue weighted by Crippen LogP contribution is 2.07. The summed E-state index contributed by atoms with van der Waals surface area (Å²) in [7, 11) is 1.34. The Morgan fingerprint density at radius 2 is 2.13 bits per heavy atom. The molecule has 0 aliphatic heterocycles. The molecule has 0 aliphatic rings. The van der Waals surface area contributed by atoms with E-state index >= 15 is 0 Å². The summed E-state index contributed by atoms with van der Waals surface area (Å²) in [6.07, 6.45) is 2.26. The first-order valence-corrected chi connectivity index (χ1v) is 4.72. The summed E-state index contributed by atoms with van der Waals surface area (Å²) in [6.45, 7) is 3.66. The SMILES string of the molecule is C=Cc1ccc(C[C@@H](N)C(=O)OC)cc1. The molecular weight excluding hydrogens is 190 g/mol. The summed E-state index contributed by atoms with van der Waals surface area (Å²) < 4.78 is 4.55. The van der Waals surface area contributed by atoms with Gasteiger partial charge in [-0.2, -0.15) is 0 Å². The van der Waals surface area contributed by atoms with Gasteiger partial charge in [-0.05, 0) is 17.5 Å². The lowest BCUT2D eigenvalue weighted by atomic mass is 10.0. The first kappa shape index (κ1) is 11.5. The molecule has 0 saturated heterocycles. The third kappa shape index (κ3) is 3.22. The molecule has 2 N–H and O–H groups in total. The Morgan fingerprint density at radius 1 is 1.53 bits per heavy atom. The van der Waals surface area contributed by atoms with E-state index in [1.165, 1.54) is 7.11 Å². The molecular formula is C12H15NO2. The van der Waals surface area contributed by atoms with Crippen molar-refractivity contribution < 1.29 is 9.53 Å². The molecule has 0 fully saturated rings. The Morgan fingerprint density at radius 3 is 2.60 bits per heavy atom. The van der Waals surface area contributed by atoms with Crippen LogP contribution >= 0.6 is 0 Å². The zero-order valence-corrected chi connectivity index (χ0v) is 8.77. The molecule has 0 heterocycles. The van der Waals surface area contributed by atoms with Crippen molar-refractivity contribution in [3.05, 3.63) is 42.0 Å². The second-order valence-electron chi connectivity index (χ2n) is 3.28. The number of esters is 1. The maximum Gasteiger partial charge on any atom is 0.322 e. The lowest BCUT2D eigenvalue weighted by Crippen LogP contribution is -2.33. The summed E-state index contributed by atoms with van der Waals surface area (Å²) >= 11 is 0. The minimum atomic E-state index is -0.593. The van der Waals surface area contributed by atoms with E-state index in [0.717, 1.165) is 11.1 Å². The molecule has 1 rings (SSSR count). The second-order valence-corrected chi connectivity index (χ2v) is 3.28. The second kappa shape index (κ2) is 5.32. The molecule has 80 valence electrons. The minimum absolute atomic E-state index is 0.386. The normalized spacial score (nSPS) is 11.9. The lowest BCUT2D eigenvalue weighted by Gasteiger charge is -2.08. The highest BCUT2D eigenvalue weighted by atomic mass is 16.5. The number of methoxy groups -OCH3 is 1. The van der Waals surface area contributed by atoms with Crippen LogP contribution in [-0.4, -0.2) is 19.1 Å². The van der Waals surface area contributed by atoms with Crippen LogP contribution in [0.25, 0.3) is 6.08 Å². The summed E-state index contributed by atoms with van der Waals surface area (Å²) in [5, 5.41) is 0. The predicted molar refractivity (Wildman–Crippen MR) is 60.2 cm³/mol. The van der Waals surface area contributed by atoms with Gasteiger partial charge < -0.3 is 10.5 Å². The molecule has 0 radical (unpaired) electrons. The van der Waals surface area contributed by atoms with Crippen molar-refractivity contribution in [1.82, 2.24) is 0 Å². The molecule has 0 bridgehead atoms. The van der Waals surface area contributed by atoms with Crippen LogP contribution in [0.5, 0.6) is 0 Å². The third-order valence-corrected chi connectivity index (χ3v) is 2.17. The average Bonchev–Trinajstić information content (AvgIpc) is 2.29. The Balaban J connectivity index is 2.64. The Bertz CT molecular complexity index is 343. The summed E-state index contributed by atoms with van der Waals surface area (Å²) in [6, 6.07) is 7.14. The molecule has 0 aliphatic carbocycles.